The molecule has 4 fully saturated rings. The highest BCUT2D eigenvalue weighted by Gasteiger charge is 2.67. The molecule has 0 spiro atoms. The van der Waals surface area contributed by atoms with Crippen LogP contribution in [0.25, 0.3) is 0 Å². The predicted octanol–water partition coefficient (Wildman–Crippen LogP) is 7.80. The summed E-state index contributed by atoms with van der Waals surface area (Å²) in [5.74, 6) is 0.607. The van der Waals surface area contributed by atoms with Crippen LogP contribution < -0.4 is 5.73 Å². The van der Waals surface area contributed by atoms with Gasteiger partial charge in [-0.2, -0.15) is 0 Å². The van der Waals surface area contributed by atoms with E-state index in [1.165, 1.54) is 24.8 Å². The first-order valence-electron chi connectivity index (χ1n) is 20.6. The van der Waals surface area contributed by atoms with Crippen LogP contribution in [0.3, 0.4) is 0 Å². The number of ketones is 1. The number of carboxylic acids is 1. The minimum absolute atomic E-state index is 0.0121. The summed E-state index contributed by atoms with van der Waals surface area (Å²) in [7, 11) is 0. The lowest BCUT2D eigenvalue weighted by Gasteiger charge is -2.69. The molecule has 290 valence electrons. The number of carbonyl (C=O) groups excluding carboxylic acids is 2. The number of carbonyl (C=O) groups is 3. The second-order valence-electron chi connectivity index (χ2n) is 19.9. The Labute approximate surface area is 309 Å². The van der Waals surface area contributed by atoms with E-state index in [0.29, 0.717) is 31.3 Å². The Balaban J connectivity index is 1.40. The number of hydrogen-bond donors (Lipinski definition) is 3. The van der Waals surface area contributed by atoms with Crippen LogP contribution in [0.1, 0.15) is 146 Å². The number of carboxylic acid groups (broad SMARTS) is 1. The Morgan fingerprint density at radius 1 is 1.00 bits per heavy atom. The van der Waals surface area contributed by atoms with E-state index in [4.69, 9.17) is 10.5 Å². The lowest BCUT2D eigenvalue weighted by Crippen LogP contribution is -2.62. The third kappa shape index (κ3) is 7.50. The van der Waals surface area contributed by atoms with Gasteiger partial charge in [0.1, 0.15) is 6.10 Å². The molecule has 8 heteroatoms. The molecule has 0 aromatic rings. The summed E-state index contributed by atoms with van der Waals surface area (Å²) < 4.78 is 6.02. The number of esters is 1. The minimum atomic E-state index is -1.16. The second kappa shape index (κ2) is 14.8. The average Bonchev–Trinajstić information content (AvgIpc) is 3.78. The van der Waals surface area contributed by atoms with Gasteiger partial charge in [0, 0.05) is 38.0 Å². The second-order valence-corrected chi connectivity index (χ2v) is 19.9. The zero-order chi connectivity index (χ0) is 37.7. The van der Waals surface area contributed by atoms with Crippen molar-refractivity contribution in [3.8, 4) is 0 Å². The molecular weight excluding hydrogens is 640 g/mol. The number of Topliss-reactive ketones (excluding diaryl/α,β-unsaturated/α-hetero) is 1. The molecule has 0 amide bonds. The van der Waals surface area contributed by atoms with Crippen LogP contribution >= 0.6 is 0 Å². The van der Waals surface area contributed by atoms with Crippen molar-refractivity contribution < 1.29 is 29.3 Å². The molecule has 0 heterocycles. The number of aliphatic hydroxyl groups excluding tert-OH is 1. The molecule has 8 nitrogen and oxygen atoms in total. The largest absolute Gasteiger partial charge is 0.481 e. The van der Waals surface area contributed by atoms with E-state index in [0.717, 1.165) is 70.0 Å². The molecule has 0 aromatic carbocycles. The van der Waals surface area contributed by atoms with Gasteiger partial charge in [-0.25, -0.2) is 0 Å². The van der Waals surface area contributed by atoms with E-state index in [1.54, 1.807) is 13.8 Å². The first-order valence-corrected chi connectivity index (χ1v) is 20.6. The van der Waals surface area contributed by atoms with Crippen molar-refractivity contribution in [3.05, 3.63) is 11.1 Å². The van der Waals surface area contributed by atoms with Gasteiger partial charge in [0.25, 0.3) is 0 Å². The number of aliphatic hydroxyl groups is 1. The van der Waals surface area contributed by atoms with Gasteiger partial charge >= 0.3 is 11.9 Å². The van der Waals surface area contributed by atoms with E-state index in [9.17, 15) is 24.6 Å². The fourth-order valence-electron chi connectivity index (χ4n) is 12.0. The van der Waals surface area contributed by atoms with Crippen molar-refractivity contribution in [1.29, 1.82) is 0 Å². The lowest BCUT2D eigenvalue weighted by atomic mass is 9.36. The molecule has 4 saturated carbocycles. The average molecular weight is 713 g/mol. The molecule has 0 saturated heterocycles. The highest BCUT2D eigenvalue weighted by atomic mass is 16.5. The maximum atomic E-state index is 14.1. The number of rotatable bonds is 16. The quantitative estimate of drug-likeness (QED) is 0.138. The Hall–Kier alpha value is -1.77. The molecule has 51 heavy (non-hydrogen) atoms. The number of nitrogens with two attached hydrogens (primary N) is 1. The smallest absolute Gasteiger partial charge is 0.309 e. The molecule has 0 aromatic heterocycles. The Morgan fingerprint density at radius 2 is 1.69 bits per heavy atom. The molecule has 5 aliphatic carbocycles. The first kappa shape index (κ1) is 40.4. The third-order valence-corrected chi connectivity index (χ3v) is 15.4. The molecule has 8 atom stereocenters. The topological polar surface area (TPSA) is 130 Å². The fourth-order valence-corrected chi connectivity index (χ4v) is 12.0. The van der Waals surface area contributed by atoms with E-state index in [-0.39, 0.29) is 52.3 Å². The van der Waals surface area contributed by atoms with Crippen molar-refractivity contribution in [1.82, 2.24) is 4.90 Å². The maximum Gasteiger partial charge on any atom is 0.309 e. The molecular formula is C43H72N2O6. The first-order chi connectivity index (χ1) is 23.7. The van der Waals surface area contributed by atoms with Gasteiger partial charge in [-0.15, -0.1) is 0 Å². The van der Waals surface area contributed by atoms with E-state index < -0.39 is 28.9 Å². The number of ether oxygens (including phenoxy) is 1. The van der Waals surface area contributed by atoms with Crippen LogP contribution in [-0.2, 0) is 19.1 Å². The number of nitrogens with zero attached hydrogens (tertiary/aromatic N) is 1. The number of allylic oxidation sites excluding steroid dienone is 1. The van der Waals surface area contributed by atoms with Gasteiger partial charge < -0.3 is 20.7 Å². The highest BCUT2D eigenvalue weighted by molar-refractivity contribution is 6.00. The summed E-state index contributed by atoms with van der Waals surface area (Å²) in [6.07, 6.45) is 11.2. The Morgan fingerprint density at radius 3 is 2.27 bits per heavy atom. The van der Waals surface area contributed by atoms with Crippen molar-refractivity contribution in [2.75, 3.05) is 26.2 Å². The van der Waals surface area contributed by atoms with Gasteiger partial charge in [-0.1, -0.05) is 60.5 Å². The summed E-state index contributed by atoms with van der Waals surface area (Å²) in [5, 5.41) is 21.9. The van der Waals surface area contributed by atoms with Crippen LogP contribution in [0.2, 0.25) is 0 Å². The van der Waals surface area contributed by atoms with E-state index in [1.807, 2.05) is 0 Å². The van der Waals surface area contributed by atoms with Crippen molar-refractivity contribution in [2.24, 2.45) is 62.4 Å². The van der Waals surface area contributed by atoms with Crippen LogP contribution in [-0.4, -0.2) is 71.2 Å². The fraction of sp³-hybridized carbons (Fsp3) is 0.884. The molecule has 5 aliphatic rings. The van der Waals surface area contributed by atoms with Gasteiger partial charge in [0.2, 0.25) is 0 Å². The molecule has 0 aliphatic heterocycles. The highest BCUT2D eigenvalue weighted by Crippen LogP contribution is 2.74. The minimum Gasteiger partial charge on any atom is -0.481 e. The SMILES string of the molecule is CC(C)C1=C2C3CCC4C(C)(CCC(OC(=O)CC(C)(C)C(=O)O)C(C)C)CCCC4(C)C3(C)CCC2(C(O)CN(CCN)CC2CC2)CC1=O. The van der Waals surface area contributed by atoms with Crippen molar-refractivity contribution in [2.45, 2.75) is 158 Å². The van der Waals surface area contributed by atoms with E-state index >= 15 is 0 Å². The number of fused-ring (bicyclic) bond motifs is 5. The van der Waals surface area contributed by atoms with Crippen LogP contribution in [0.4, 0.5) is 0 Å². The van der Waals surface area contributed by atoms with Crippen LogP contribution in [0, 0.1) is 56.7 Å². The zero-order valence-electron chi connectivity index (χ0n) is 33.6. The van der Waals surface area contributed by atoms with Crippen molar-refractivity contribution >= 4 is 17.7 Å². The molecule has 4 N–H and O–H groups in total. The summed E-state index contributed by atoms with van der Waals surface area (Å²) in [6, 6.07) is 0. The normalized spacial score (nSPS) is 35.1. The number of hydrogen-bond acceptors (Lipinski definition) is 7. The summed E-state index contributed by atoms with van der Waals surface area (Å²) in [5.41, 5.74) is 6.92. The van der Waals surface area contributed by atoms with Gasteiger partial charge in [-0.3, -0.25) is 19.3 Å². The van der Waals surface area contributed by atoms with E-state index in [2.05, 4.69) is 53.4 Å². The standard InChI is InChI=1S/C43H72N2O6/c1-27(2)32(51-35(48)24-39(5,6)38(49)50)15-18-40(7)16-10-17-42(9)33(40)14-13-30-37-36(28(3)4)31(46)23-43(37,20-19-41(30,42)8)34(47)26-45(22-21-44)25-29-11-12-29/h27-30,32-34,47H,10-26,44H2,1-9H3,(H,49,50). The van der Waals surface area contributed by atoms with Gasteiger partial charge in [-0.05, 0) is 129 Å². The predicted molar refractivity (Wildman–Crippen MR) is 202 cm³/mol. The third-order valence-electron chi connectivity index (χ3n) is 15.4. The summed E-state index contributed by atoms with van der Waals surface area (Å²) in [6.45, 7) is 22.2. The summed E-state index contributed by atoms with van der Waals surface area (Å²) >= 11 is 0. The Kier molecular flexibility index (Phi) is 11.7. The summed E-state index contributed by atoms with van der Waals surface area (Å²) in [4.78, 5) is 41.1. The lowest BCUT2D eigenvalue weighted by molar-refractivity contribution is -0.178. The van der Waals surface area contributed by atoms with Gasteiger partial charge in [0.05, 0.1) is 17.9 Å². The molecule has 8 unspecified atom stereocenters. The van der Waals surface area contributed by atoms with Crippen molar-refractivity contribution in [3.63, 3.8) is 0 Å². The molecule has 5 rings (SSSR count). The maximum absolute atomic E-state index is 14.1. The zero-order valence-corrected chi connectivity index (χ0v) is 33.6. The molecule has 0 bridgehead atoms. The van der Waals surface area contributed by atoms with Crippen LogP contribution in [0.5, 0.6) is 0 Å². The number of aliphatic carboxylic acids is 1. The molecule has 0 radical (unpaired) electrons. The van der Waals surface area contributed by atoms with Gasteiger partial charge in [0.15, 0.2) is 5.78 Å². The Bertz CT molecular complexity index is 1350. The van der Waals surface area contributed by atoms with Crippen LogP contribution in [0.15, 0.2) is 11.1 Å². The monoisotopic (exact) mass is 713 g/mol.